The Labute approximate surface area is 91.7 Å². The number of ether oxygens (including phenoxy) is 1. The van der Waals surface area contributed by atoms with Gasteiger partial charge < -0.3 is 4.74 Å². The lowest BCUT2D eigenvalue weighted by Gasteiger charge is -2.06. The zero-order valence-electron chi connectivity index (χ0n) is 9.87. The lowest BCUT2D eigenvalue weighted by Crippen LogP contribution is -1.86. The maximum absolute atomic E-state index is 5.28. The zero-order chi connectivity index (χ0) is 11.3. The van der Waals surface area contributed by atoms with Crippen LogP contribution in [0.2, 0.25) is 0 Å². The van der Waals surface area contributed by atoms with E-state index in [1.807, 2.05) is 26.0 Å². The van der Waals surface area contributed by atoms with Crippen LogP contribution in [0.4, 0.5) is 0 Å². The van der Waals surface area contributed by atoms with Gasteiger partial charge in [-0.2, -0.15) is 0 Å². The second kappa shape index (κ2) is 5.40. The minimum absolute atomic E-state index is 0.946. The van der Waals surface area contributed by atoms with E-state index in [2.05, 4.69) is 31.2 Å². The molecule has 0 heterocycles. The highest BCUT2D eigenvalue weighted by molar-refractivity contribution is 5.90. The van der Waals surface area contributed by atoms with Crippen LogP contribution in [0.5, 0.6) is 5.75 Å². The van der Waals surface area contributed by atoms with E-state index in [-0.39, 0.29) is 0 Å². The molecule has 0 atom stereocenters. The normalized spacial score (nSPS) is 9.33. The maximum Gasteiger partial charge on any atom is 0.126 e. The van der Waals surface area contributed by atoms with Crippen molar-refractivity contribution in [1.29, 1.82) is 0 Å². The van der Waals surface area contributed by atoms with E-state index in [1.165, 1.54) is 16.3 Å². The molecule has 80 valence electrons. The second-order valence-corrected chi connectivity index (χ2v) is 3.13. The number of benzene rings is 2. The molecule has 0 aromatic heterocycles. The minimum atomic E-state index is 0.946. The molecule has 15 heavy (non-hydrogen) atoms. The van der Waals surface area contributed by atoms with Crippen molar-refractivity contribution in [3.05, 3.63) is 42.0 Å². The largest absolute Gasteiger partial charge is 0.496 e. The summed E-state index contributed by atoms with van der Waals surface area (Å²) in [5.74, 6) is 0.946. The molecule has 0 fully saturated rings. The number of fused-ring (bicyclic) bond motifs is 1. The van der Waals surface area contributed by atoms with Gasteiger partial charge in [0.25, 0.3) is 0 Å². The van der Waals surface area contributed by atoms with Crippen LogP contribution >= 0.6 is 0 Å². The third-order valence-corrected chi connectivity index (χ3v) is 2.32. The second-order valence-electron chi connectivity index (χ2n) is 3.13. The van der Waals surface area contributed by atoms with Crippen molar-refractivity contribution in [2.75, 3.05) is 7.11 Å². The first-order valence-electron chi connectivity index (χ1n) is 5.35. The summed E-state index contributed by atoms with van der Waals surface area (Å²) in [5, 5.41) is 2.45. The van der Waals surface area contributed by atoms with Crippen molar-refractivity contribution in [1.82, 2.24) is 0 Å². The lowest BCUT2D eigenvalue weighted by atomic mass is 10.1. The molecule has 2 aromatic rings. The first-order chi connectivity index (χ1) is 7.33. The zero-order valence-corrected chi connectivity index (χ0v) is 9.87. The summed E-state index contributed by atoms with van der Waals surface area (Å²) in [7, 11) is 1.71. The third-order valence-electron chi connectivity index (χ3n) is 2.32. The van der Waals surface area contributed by atoms with Crippen molar-refractivity contribution < 1.29 is 4.74 Å². The van der Waals surface area contributed by atoms with E-state index in [0.717, 1.165) is 5.75 Å². The average molecular weight is 202 g/mol. The number of hydrogen-bond donors (Lipinski definition) is 0. The molecule has 0 unspecified atom stereocenters. The van der Waals surface area contributed by atoms with Crippen LogP contribution in [-0.4, -0.2) is 7.11 Å². The number of aryl methyl sites for hydroxylation is 1. The standard InChI is InChI=1S/C12H12O.C2H6/c1-9-7-8-12(13-2)11-6-4-3-5-10(9)11;1-2/h3-8H,1-2H3;1-2H3. The van der Waals surface area contributed by atoms with Crippen LogP contribution in [0.3, 0.4) is 0 Å². The van der Waals surface area contributed by atoms with Gasteiger partial charge in [-0.15, -0.1) is 0 Å². The molecule has 0 aliphatic rings. The van der Waals surface area contributed by atoms with Crippen LogP contribution in [0.25, 0.3) is 10.8 Å². The van der Waals surface area contributed by atoms with Crippen molar-refractivity contribution in [3.63, 3.8) is 0 Å². The summed E-state index contributed by atoms with van der Waals surface area (Å²) < 4.78 is 5.28. The number of methoxy groups -OCH3 is 1. The predicted octanol–water partition coefficient (Wildman–Crippen LogP) is 4.18. The Hall–Kier alpha value is -1.50. The Morgan fingerprint density at radius 1 is 0.867 bits per heavy atom. The quantitative estimate of drug-likeness (QED) is 0.674. The van der Waals surface area contributed by atoms with Gasteiger partial charge in [-0.3, -0.25) is 0 Å². The SMILES string of the molecule is CC.COc1ccc(C)c2ccccc12. The Balaban J connectivity index is 0.000000531. The maximum atomic E-state index is 5.28. The molecule has 0 spiro atoms. The van der Waals surface area contributed by atoms with Gasteiger partial charge in [0.1, 0.15) is 5.75 Å². The summed E-state index contributed by atoms with van der Waals surface area (Å²) in [6, 6.07) is 12.4. The minimum Gasteiger partial charge on any atom is -0.496 e. The predicted molar refractivity (Wildman–Crippen MR) is 66.6 cm³/mol. The van der Waals surface area contributed by atoms with E-state index in [0.29, 0.717) is 0 Å². The van der Waals surface area contributed by atoms with Crippen molar-refractivity contribution in [3.8, 4) is 5.75 Å². The molecule has 1 heteroatoms. The van der Waals surface area contributed by atoms with Crippen LogP contribution < -0.4 is 4.74 Å². The Bertz CT molecular complexity index is 432. The van der Waals surface area contributed by atoms with E-state index < -0.39 is 0 Å². The molecular formula is C14H18O. The molecule has 0 aliphatic heterocycles. The Morgan fingerprint density at radius 3 is 2.07 bits per heavy atom. The highest BCUT2D eigenvalue weighted by Crippen LogP contribution is 2.27. The molecule has 0 aliphatic carbocycles. The fourth-order valence-electron chi connectivity index (χ4n) is 1.60. The van der Waals surface area contributed by atoms with Crippen LogP contribution in [-0.2, 0) is 0 Å². The Kier molecular flexibility index (Phi) is 4.17. The Morgan fingerprint density at radius 2 is 1.47 bits per heavy atom. The average Bonchev–Trinajstić information content (AvgIpc) is 2.33. The molecule has 1 nitrogen and oxygen atoms in total. The van der Waals surface area contributed by atoms with Crippen molar-refractivity contribution >= 4 is 10.8 Å². The van der Waals surface area contributed by atoms with E-state index in [1.54, 1.807) is 7.11 Å². The van der Waals surface area contributed by atoms with Gasteiger partial charge in [0, 0.05) is 5.39 Å². The van der Waals surface area contributed by atoms with E-state index >= 15 is 0 Å². The lowest BCUT2D eigenvalue weighted by molar-refractivity contribution is 0.420. The van der Waals surface area contributed by atoms with Gasteiger partial charge in [0.15, 0.2) is 0 Å². The summed E-state index contributed by atoms with van der Waals surface area (Å²) in [5.41, 5.74) is 1.29. The van der Waals surface area contributed by atoms with Gasteiger partial charge in [0.05, 0.1) is 7.11 Å². The fourth-order valence-corrected chi connectivity index (χ4v) is 1.60. The number of hydrogen-bond acceptors (Lipinski definition) is 1. The molecule has 2 rings (SSSR count). The van der Waals surface area contributed by atoms with Crippen LogP contribution in [0.1, 0.15) is 19.4 Å². The molecule has 0 saturated carbocycles. The first-order valence-corrected chi connectivity index (χ1v) is 5.35. The van der Waals surface area contributed by atoms with Gasteiger partial charge in [-0.1, -0.05) is 44.2 Å². The summed E-state index contributed by atoms with van der Waals surface area (Å²) >= 11 is 0. The summed E-state index contributed by atoms with van der Waals surface area (Å²) in [6.07, 6.45) is 0. The summed E-state index contributed by atoms with van der Waals surface area (Å²) in [6.45, 7) is 6.11. The molecule has 2 aromatic carbocycles. The number of rotatable bonds is 1. The third kappa shape index (κ3) is 2.30. The smallest absolute Gasteiger partial charge is 0.126 e. The van der Waals surface area contributed by atoms with E-state index in [4.69, 9.17) is 4.74 Å². The van der Waals surface area contributed by atoms with Gasteiger partial charge in [-0.05, 0) is 23.9 Å². The highest BCUT2D eigenvalue weighted by Gasteiger charge is 2.01. The van der Waals surface area contributed by atoms with Gasteiger partial charge >= 0.3 is 0 Å². The van der Waals surface area contributed by atoms with Crippen LogP contribution in [0.15, 0.2) is 36.4 Å². The van der Waals surface area contributed by atoms with Gasteiger partial charge in [-0.25, -0.2) is 0 Å². The molecular weight excluding hydrogens is 184 g/mol. The van der Waals surface area contributed by atoms with Crippen LogP contribution in [0, 0.1) is 6.92 Å². The fraction of sp³-hybridized carbons (Fsp3) is 0.286. The monoisotopic (exact) mass is 202 g/mol. The molecule has 0 bridgehead atoms. The van der Waals surface area contributed by atoms with Crippen molar-refractivity contribution in [2.24, 2.45) is 0 Å². The van der Waals surface area contributed by atoms with Gasteiger partial charge in [0.2, 0.25) is 0 Å². The molecule has 0 saturated heterocycles. The van der Waals surface area contributed by atoms with E-state index in [9.17, 15) is 0 Å². The molecule has 0 radical (unpaired) electrons. The topological polar surface area (TPSA) is 9.23 Å². The highest BCUT2D eigenvalue weighted by atomic mass is 16.5. The summed E-state index contributed by atoms with van der Waals surface area (Å²) in [4.78, 5) is 0. The molecule has 0 N–H and O–H groups in total. The first kappa shape index (κ1) is 11.6. The van der Waals surface area contributed by atoms with Crippen molar-refractivity contribution in [2.45, 2.75) is 20.8 Å². The molecule has 0 amide bonds.